The van der Waals surface area contributed by atoms with Crippen LogP contribution in [0.25, 0.3) is 0 Å². The van der Waals surface area contributed by atoms with E-state index in [9.17, 15) is 8.78 Å². The minimum atomic E-state index is -2.85. The average molecular weight is 351 g/mol. The van der Waals surface area contributed by atoms with Crippen LogP contribution in [0.2, 0.25) is 0 Å². The number of ether oxygens (including phenoxy) is 2. The van der Waals surface area contributed by atoms with Gasteiger partial charge in [-0.05, 0) is 56.6 Å². The molecule has 0 spiro atoms. The summed E-state index contributed by atoms with van der Waals surface area (Å²) in [5, 5.41) is 3.36. The summed E-state index contributed by atoms with van der Waals surface area (Å²) < 4.78 is 34.5. The monoisotopic (exact) mass is 350 g/mol. The fourth-order valence-corrected chi connectivity index (χ4v) is 2.89. The van der Waals surface area contributed by atoms with Crippen molar-refractivity contribution in [1.29, 1.82) is 0 Å². The standard InChI is InChI=1S/C16H24F2N2O2.ClH/c1-20(10-12-5-7-19-8-6-12)11-13-3-4-14(21-2)15(9-13)22-16(17)18;/h3-4,9,12,16,19H,5-8,10-11H2,1-2H3;1H. The number of hydrogen-bond donors (Lipinski definition) is 1. The number of hydrogen-bond acceptors (Lipinski definition) is 4. The summed E-state index contributed by atoms with van der Waals surface area (Å²) in [5.41, 5.74) is 0.938. The van der Waals surface area contributed by atoms with Crippen molar-refractivity contribution in [3.63, 3.8) is 0 Å². The van der Waals surface area contributed by atoms with Gasteiger partial charge in [-0.3, -0.25) is 0 Å². The Hall–Kier alpha value is -1.11. The van der Waals surface area contributed by atoms with Gasteiger partial charge in [0.15, 0.2) is 11.5 Å². The lowest BCUT2D eigenvalue weighted by Crippen LogP contribution is -2.34. The Morgan fingerprint density at radius 3 is 2.57 bits per heavy atom. The molecule has 4 nitrogen and oxygen atoms in total. The van der Waals surface area contributed by atoms with Crippen molar-refractivity contribution in [2.75, 3.05) is 33.8 Å². The molecule has 0 saturated carbocycles. The zero-order valence-corrected chi connectivity index (χ0v) is 14.4. The predicted octanol–water partition coefficient (Wildman–Crippen LogP) is 3.15. The van der Waals surface area contributed by atoms with Gasteiger partial charge in [-0.15, -0.1) is 12.4 Å². The molecule has 1 aromatic carbocycles. The van der Waals surface area contributed by atoms with E-state index in [0.717, 1.165) is 25.2 Å². The maximum atomic E-state index is 12.4. The summed E-state index contributed by atoms with van der Waals surface area (Å²) in [7, 11) is 3.50. The third-order valence-corrected chi connectivity index (χ3v) is 3.93. The summed E-state index contributed by atoms with van der Waals surface area (Å²) in [6.45, 7) is 1.02. The smallest absolute Gasteiger partial charge is 0.387 e. The molecule has 0 bridgehead atoms. The van der Waals surface area contributed by atoms with Crippen LogP contribution in [0.1, 0.15) is 18.4 Å². The topological polar surface area (TPSA) is 33.7 Å². The van der Waals surface area contributed by atoms with Crippen LogP contribution in [-0.2, 0) is 6.54 Å². The van der Waals surface area contributed by atoms with Gasteiger partial charge >= 0.3 is 6.61 Å². The predicted molar refractivity (Wildman–Crippen MR) is 88.8 cm³/mol. The first kappa shape index (κ1) is 19.9. The molecule has 0 aromatic heterocycles. The van der Waals surface area contributed by atoms with E-state index >= 15 is 0 Å². The zero-order chi connectivity index (χ0) is 15.9. The molecule has 2 rings (SSSR count). The minimum Gasteiger partial charge on any atom is -0.493 e. The highest BCUT2D eigenvalue weighted by Gasteiger charge is 2.16. The second-order valence-corrected chi connectivity index (χ2v) is 5.75. The molecule has 1 N–H and O–H groups in total. The molecule has 0 atom stereocenters. The van der Waals surface area contributed by atoms with Crippen molar-refractivity contribution in [3.05, 3.63) is 23.8 Å². The fraction of sp³-hybridized carbons (Fsp3) is 0.625. The first-order chi connectivity index (χ1) is 10.6. The SMILES string of the molecule is COc1ccc(CN(C)CC2CCNCC2)cc1OC(F)F.Cl. The van der Waals surface area contributed by atoms with Gasteiger partial charge in [0, 0.05) is 13.1 Å². The second-order valence-electron chi connectivity index (χ2n) is 5.75. The molecular weight excluding hydrogens is 326 g/mol. The summed E-state index contributed by atoms with van der Waals surface area (Å²) in [5.74, 6) is 1.11. The van der Waals surface area contributed by atoms with Crippen LogP contribution in [0, 0.1) is 5.92 Å². The molecular formula is C16H25ClF2N2O2. The third-order valence-electron chi connectivity index (χ3n) is 3.93. The fourth-order valence-electron chi connectivity index (χ4n) is 2.89. The number of piperidine rings is 1. The summed E-state index contributed by atoms with van der Waals surface area (Å²) in [6, 6.07) is 5.19. The second kappa shape index (κ2) is 9.90. The number of methoxy groups -OCH3 is 1. The van der Waals surface area contributed by atoms with Gasteiger partial charge in [-0.2, -0.15) is 8.78 Å². The van der Waals surface area contributed by atoms with Gasteiger partial charge in [0.05, 0.1) is 7.11 Å². The van der Waals surface area contributed by atoms with E-state index in [1.807, 2.05) is 6.07 Å². The first-order valence-electron chi connectivity index (χ1n) is 7.59. The largest absolute Gasteiger partial charge is 0.493 e. The van der Waals surface area contributed by atoms with E-state index in [1.54, 1.807) is 12.1 Å². The molecule has 1 fully saturated rings. The van der Waals surface area contributed by atoms with Crippen molar-refractivity contribution in [1.82, 2.24) is 10.2 Å². The molecule has 1 aliphatic rings. The van der Waals surface area contributed by atoms with Crippen LogP contribution >= 0.6 is 12.4 Å². The molecule has 1 heterocycles. The van der Waals surface area contributed by atoms with E-state index in [4.69, 9.17) is 4.74 Å². The lowest BCUT2D eigenvalue weighted by atomic mass is 9.97. The van der Waals surface area contributed by atoms with Crippen molar-refractivity contribution >= 4 is 12.4 Å². The van der Waals surface area contributed by atoms with Crippen LogP contribution in [0.15, 0.2) is 18.2 Å². The molecule has 0 amide bonds. The maximum absolute atomic E-state index is 12.4. The normalized spacial score (nSPS) is 15.6. The molecule has 1 saturated heterocycles. The number of nitrogens with one attached hydrogen (secondary N) is 1. The van der Waals surface area contributed by atoms with Crippen molar-refractivity contribution in [2.45, 2.75) is 26.0 Å². The van der Waals surface area contributed by atoms with Gasteiger partial charge in [0.1, 0.15) is 0 Å². The Morgan fingerprint density at radius 1 is 1.26 bits per heavy atom. The Kier molecular flexibility index (Phi) is 8.58. The van der Waals surface area contributed by atoms with Crippen LogP contribution in [0.5, 0.6) is 11.5 Å². The number of rotatable bonds is 7. The molecule has 1 aromatic rings. The van der Waals surface area contributed by atoms with Gasteiger partial charge < -0.3 is 19.7 Å². The molecule has 132 valence electrons. The zero-order valence-electron chi connectivity index (χ0n) is 13.6. The molecule has 1 aliphatic heterocycles. The lowest BCUT2D eigenvalue weighted by molar-refractivity contribution is -0.0512. The number of benzene rings is 1. The Morgan fingerprint density at radius 2 is 1.96 bits per heavy atom. The minimum absolute atomic E-state index is 0. The lowest BCUT2D eigenvalue weighted by Gasteiger charge is -2.27. The number of alkyl halides is 2. The van der Waals surface area contributed by atoms with Gasteiger partial charge in [0.25, 0.3) is 0 Å². The van der Waals surface area contributed by atoms with E-state index in [-0.39, 0.29) is 18.2 Å². The molecule has 7 heteroatoms. The quantitative estimate of drug-likeness (QED) is 0.819. The third kappa shape index (κ3) is 6.49. The van der Waals surface area contributed by atoms with Crippen molar-refractivity contribution in [3.8, 4) is 11.5 Å². The van der Waals surface area contributed by atoms with E-state index in [2.05, 4.69) is 22.0 Å². The Labute approximate surface area is 142 Å². The van der Waals surface area contributed by atoms with E-state index < -0.39 is 6.61 Å². The number of halogens is 3. The average Bonchev–Trinajstić information content (AvgIpc) is 2.48. The highest BCUT2D eigenvalue weighted by atomic mass is 35.5. The molecule has 23 heavy (non-hydrogen) atoms. The summed E-state index contributed by atoms with van der Waals surface area (Å²) >= 11 is 0. The van der Waals surface area contributed by atoms with Gasteiger partial charge in [-0.1, -0.05) is 6.07 Å². The first-order valence-corrected chi connectivity index (χ1v) is 7.59. The van der Waals surface area contributed by atoms with E-state index in [0.29, 0.717) is 18.2 Å². The summed E-state index contributed by atoms with van der Waals surface area (Å²) in [6.07, 6.45) is 2.37. The van der Waals surface area contributed by atoms with Gasteiger partial charge in [-0.25, -0.2) is 0 Å². The Balaban J connectivity index is 0.00000264. The highest BCUT2D eigenvalue weighted by molar-refractivity contribution is 5.85. The van der Waals surface area contributed by atoms with E-state index in [1.165, 1.54) is 20.0 Å². The van der Waals surface area contributed by atoms with Crippen LogP contribution < -0.4 is 14.8 Å². The maximum Gasteiger partial charge on any atom is 0.387 e. The Bertz CT molecular complexity index is 471. The van der Waals surface area contributed by atoms with Crippen molar-refractivity contribution < 1.29 is 18.3 Å². The highest BCUT2D eigenvalue weighted by Crippen LogP contribution is 2.30. The van der Waals surface area contributed by atoms with Crippen LogP contribution in [-0.4, -0.2) is 45.3 Å². The summed E-state index contributed by atoms with van der Waals surface area (Å²) in [4.78, 5) is 2.23. The molecule has 0 radical (unpaired) electrons. The van der Waals surface area contributed by atoms with Gasteiger partial charge in [0.2, 0.25) is 0 Å². The van der Waals surface area contributed by atoms with Crippen LogP contribution in [0.4, 0.5) is 8.78 Å². The molecule has 0 unspecified atom stereocenters. The molecule has 0 aliphatic carbocycles. The number of nitrogens with zero attached hydrogens (tertiary/aromatic N) is 1. The van der Waals surface area contributed by atoms with Crippen molar-refractivity contribution in [2.24, 2.45) is 5.92 Å². The van der Waals surface area contributed by atoms with Crippen LogP contribution in [0.3, 0.4) is 0 Å².